The molecule has 1 N–H and O–H groups in total. The average Bonchev–Trinajstić information content (AvgIpc) is 3.35. The number of ether oxygens (including phenoxy) is 2. The molecule has 0 atom stereocenters. The Morgan fingerprint density at radius 1 is 0.818 bits per heavy atom. The molecule has 0 saturated carbocycles. The third-order valence-electron chi connectivity index (χ3n) is 5.18. The first-order valence-corrected chi connectivity index (χ1v) is 10.3. The summed E-state index contributed by atoms with van der Waals surface area (Å²) in [5.41, 5.74) is 3.43. The van der Waals surface area contributed by atoms with Gasteiger partial charge >= 0.3 is 0 Å². The Bertz CT molecular complexity index is 1430. The highest BCUT2D eigenvalue weighted by Crippen LogP contribution is 2.34. The highest BCUT2D eigenvalue weighted by Gasteiger charge is 2.17. The van der Waals surface area contributed by atoms with Crippen molar-refractivity contribution in [3.05, 3.63) is 72.3 Å². The van der Waals surface area contributed by atoms with Crippen LogP contribution in [0, 0.1) is 6.92 Å². The van der Waals surface area contributed by atoms with Crippen molar-refractivity contribution in [3.63, 3.8) is 0 Å². The minimum atomic E-state index is 0.233. The topological polar surface area (TPSA) is 95.2 Å². The summed E-state index contributed by atoms with van der Waals surface area (Å²) in [6.45, 7) is 2.03. The molecule has 0 aliphatic carbocycles. The first kappa shape index (κ1) is 20.4. The van der Waals surface area contributed by atoms with E-state index >= 15 is 0 Å². The molecule has 0 saturated heterocycles. The highest BCUT2D eigenvalue weighted by molar-refractivity contribution is 5.92. The number of para-hydroxylation sites is 1. The van der Waals surface area contributed by atoms with Crippen molar-refractivity contribution >= 4 is 22.4 Å². The van der Waals surface area contributed by atoms with E-state index in [1.807, 2.05) is 73.7 Å². The molecular weight excluding hydrogens is 418 g/mol. The van der Waals surface area contributed by atoms with E-state index in [0.29, 0.717) is 34.7 Å². The zero-order chi connectivity index (χ0) is 22.8. The number of benzene rings is 3. The van der Waals surface area contributed by atoms with Crippen molar-refractivity contribution in [2.24, 2.45) is 0 Å². The Morgan fingerprint density at radius 2 is 1.61 bits per heavy atom. The number of methoxy groups -OCH3 is 2. The van der Waals surface area contributed by atoms with Crippen LogP contribution < -0.4 is 14.8 Å². The van der Waals surface area contributed by atoms with E-state index in [1.165, 1.54) is 0 Å². The van der Waals surface area contributed by atoms with Gasteiger partial charge in [-0.05, 0) is 43.3 Å². The van der Waals surface area contributed by atoms with Gasteiger partial charge in [-0.25, -0.2) is 9.97 Å². The summed E-state index contributed by atoms with van der Waals surface area (Å²) in [6.07, 6.45) is 0. The van der Waals surface area contributed by atoms with Gasteiger partial charge in [0.15, 0.2) is 0 Å². The molecule has 5 rings (SSSR count). The third kappa shape index (κ3) is 4.06. The van der Waals surface area contributed by atoms with Crippen LogP contribution in [-0.4, -0.2) is 34.4 Å². The molecule has 0 unspecified atom stereocenters. The molecule has 0 amide bonds. The second-order valence-electron chi connectivity index (χ2n) is 7.38. The van der Waals surface area contributed by atoms with Gasteiger partial charge in [-0.15, -0.1) is 10.2 Å². The number of hydrogen-bond acceptors (Lipinski definition) is 8. The number of hydrogen-bond donors (Lipinski definition) is 1. The zero-order valence-corrected chi connectivity index (χ0v) is 18.4. The monoisotopic (exact) mass is 439 g/mol. The minimum absolute atomic E-state index is 0.233. The fraction of sp³-hybridized carbons (Fsp3) is 0.120. The molecule has 164 valence electrons. The van der Waals surface area contributed by atoms with Crippen LogP contribution in [0.1, 0.15) is 5.56 Å². The largest absolute Gasteiger partial charge is 0.497 e. The lowest BCUT2D eigenvalue weighted by atomic mass is 10.1. The molecule has 3 aromatic carbocycles. The molecule has 2 heterocycles. The standard InChI is InChI=1S/C25H21N5O3/c1-15-8-10-16(11-9-15)24-29-30-25(33-24)23-26-19-7-5-4-6-18(19)22(28-23)27-20-14-17(31-2)12-13-21(20)32-3/h4-14H,1-3H3,(H,26,27,28). The zero-order valence-electron chi connectivity index (χ0n) is 18.4. The number of nitrogens with one attached hydrogen (secondary N) is 1. The van der Waals surface area contributed by atoms with E-state index in [-0.39, 0.29) is 5.89 Å². The molecule has 0 aliphatic rings. The molecule has 2 aromatic heterocycles. The number of rotatable bonds is 6. The Kier molecular flexibility index (Phi) is 5.32. The molecular formula is C25H21N5O3. The lowest BCUT2D eigenvalue weighted by Crippen LogP contribution is -2.01. The molecule has 8 heteroatoms. The fourth-order valence-corrected chi connectivity index (χ4v) is 3.43. The molecule has 33 heavy (non-hydrogen) atoms. The Hall–Kier alpha value is -4.46. The highest BCUT2D eigenvalue weighted by atomic mass is 16.5. The Labute approximate surface area is 190 Å². The number of aromatic nitrogens is 4. The second-order valence-corrected chi connectivity index (χ2v) is 7.38. The third-order valence-corrected chi connectivity index (χ3v) is 5.18. The second kappa shape index (κ2) is 8.58. The normalized spacial score (nSPS) is 10.9. The SMILES string of the molecule is COc1ccc(OC)c(Nc2nc(-c3nnc(-c4ccc(C)cc4)o3)nc3ccccc23)c1. The predicted octanol–water partition coefficient (Wildman–Crippen LogP) is 5.42. The molecule has 5 aromatic rings. The summed E-state index contributed by atoms with van der Waals surface area (Å²) in [4.78, 5) is 9.35. The number of nitrogens with zero attached hydrogens (tertiary/aromatic N) is 4. The van der Waals surface area contributed by atoms with E-state index in [2.05, 4.69) is 20.5 Å². The van der Waals surface area contributed by atoms with Gasteiger partial charge < -0.3 is 19.2 Å². The molecule has 0 aliphatic heterocycles. The van der Waals surface area contributed by atoms with Crippen LogP contribution in [0.2, 0.25) is 0 Å². The van der Waals surface area contributed by atoms with Gasteiger partial charge in [0.2, 0.25) is 11.7 Å². The fourth-order valence-electron chi connectivity index (χ4n) is 3.43. The Morgan fingerprint density at radius 3 is 2.39 bits per heavy atom. The van der Waals surface area contributed by atoms with Gasteiger partial charge in [-0.1, -0.05) is 29.8 Å². The van der Waals surface area contributed by atoms with Gasteiger partial charge in [0, 0.05) is 17.0 Å². The lowest BCUT2D eigenvalue weighted by Gasteiger charge is -2.14. The van der Waals surface area contributed by atoms with Crippen LogP contribution in [0.5, 0.6) is 11.5 Å². The van der Waals surface area contributed by atoms with Gasteiger partial charge in [-0.2, -0.15) is 0 Å². The van der Waals surface area contributed by atoms with E-state index in [1.54, 1.807) is 14.2 Å². The summed E-state index contributed by atoms with van der Waals surface area (Å²) in [6, 6.07) is 21.1. The van der Waals surface area contributed by atoms with E-state index in [0.717, 1.165) is 22.0 Å². The van der Waals surface area contributed by atoms with E-state index in [9.17, 15) is 0 Å². The summed E-state index contributed by atoms with van der Waals surface area (Å²) in [5.74, 6) is 2.89. The van der Waals surface area contributed by atoms with Crippen molar-refractivity contribution in [2.45, 2.75) is 6.92 Å². The van der Waals surface area contributed by atoms with Crippen LogP contribution in [0.4, 0.5) is 11.5 Å². The maximum absolute atomic E-state index is 5.91. The Balaban J connectivity index is 1.58. The molecule has 0 fully saturated rings. The van der Waals surface area contributed by atoms with Crippen LogP contribution >= 0.6 is 0 Å². The van der Waals surface area contributed by atoms with Crippen molar-refractivity contribution in [1.29, 1.82) is 0 Å². The smallest absolute Gasteiger partial charge is 0.286 e. The van der Waals surface area contributed by atoms with Crippen LogP contribution in [0.15, 0.2) is 71.1 Å². The molecule has 0 bridgehead atoms. The summed E-state index contributed by atoms with van der Waals surface area (Å²) in [5, 5.41) is 12.6. The summed E-state index contributed by atoms with van der Waals surface area (Å²) < 4.78 is 16.8. The summed E-state index contributed by atoms with van der Waals surface area (Å²) >= 11 is 0. The van der Waals surface area contributed by atoms with E-state index < -0.39 is 0 Å². The van der Waals surface area contributed by atoms with Crippen LogP contribution in [-0.2, 0) is 0 Å². The van der Waals surface area contributed by atoms with E-state index in [4.69, 9.17) is 18.9 Å². The quantitative estimate of drug-likeness (QED) is 0.375. The molecule has 8 nitrogen and oxygen atoms in total. The van der Waals surface area contributed by atoms with Crippen molar-refractivity contribution in [1.82, 2.24) is 20.2 Å². The van der Waals surface area contributed by atoms with Gasteiger partial charge in [0.25, 0.3) is 5.89 Å². The van der Waals surface area contributed by atoms with Crippen molar-refractivity contribution < 1.29 is 13.9 Å². The average molecular weight is 439 g/mol. The number of fused-ring (bicyclic) bond motifs is 1. The van der Waals surface area contributed by atoms with Crippen LogP contribution in [0.25, 0.3) is 34.1 Å². The number of aryl methyl sites for hydroxylation is 1. The van der Waals surface area contributed by atoms with Gasteiger partial charge in [0.1, 0.15) is 17.3 Å². The minimum Gasteiger partial charge on any atom is -0.497 e. The number of anilines is 2. The maximum atomic E-state index is 5.91. The lowest BCUT2D eigenvalue weighted by molar-refractivity contribution is 0.405. The maximum Gasteiger partial charge on any atom is 0.286 e. The van der Waals surface area contributed by atoms with Crippen molar-refractivity contribution in [2.75, 3.05) is 19.5 Å². The first-order valence-electron chi connectivity index (χ1n) is 10.3. The van der Waals surface area contributed by atoms with Gasteiger partial charge in [0.05, 0.1) is 25.4 Å². The van der Waals surface area contributed by atoms with Gasteiger partial charge in [-0.3, -0.25) is 0 Å². The van der Waals surface area contributed by atoms with Crippen LogP contribution in [0.3, 0.4) is 0 Å². The first-order chi connectivity index (χ1) is 16.1. The molecule has 0 spiro atoms. The molecule has 0 radical (unpaired) electrons. The summed E-state index contributed by atoms with van der Waals surface area (Å²) in [7, 11) is 3.23. The van der Waals surface area contributed by atoms with Crippen molar-refractivity contribution in [3.8, 4) is 34.7 Å². The predicted molar refractivity (Wildman–Crippen MR) is 126 cm³/mol.